The van der Waals surface area contributed by atoms with Crippen LogP contribution in [0, 0.1) is 12.7 Å². The van der Waals surface area contributed by atoms with Crippen molar-refractivity contribution in [3.8, 4) is 5.75 Å². The van der Waals surface area contributed by atoms with E-state index < -0.39 is 5.82 Å². The summed E-state index contributed by atoms with van der Waals surface area (Å²) in [6.45, 7) is 2.34. The first-order valence-corrected chi connectivity index (χ1v) is 6.69. The molecular formula is C17H15FO2. The Morgan fingerprint density at radius 3 is 2.90 bits per heavy atom. The zero-order valence-electron chi connectivity index (χ0n) is 11.2. The van der Waals surface area contributed by atoms with Crippen LogP contribution in [0.1, 0.15) is 33.8 Å². The third kappa shape index (κ3) is 2.20. The van der Waals surface area contributed by atoms with Gasteiger partial charge < -0.3 is 4.74 Å². The van der Waals surface area contributed by atoms with E-state index >= 15 is 0 Å². The number of hydrogen-bond donors (Lipinski definition) is 0. The van der Waals surface area contributed by atoms with Gasteiger partial charge in [-0.2, -0.15) is 0 Å². The Labute approximate surface area is 117 Å². The van der Waals surface area contributed by atoms with Crippen LogP contribution in [0.3, 0.4) is 0 Å². The number of carbonyl (C=O) groups is 1. The Bertz CT molecular complexity index is 664. The van der Waals surface area contributed by atoms with E-state index in [0.29, 0.717) is 13.0 Å². The molecule has 1 heterocycles. The number of ether oxygens (including phenoxy) is 1. The summed E-state index contributed by atoms with van der Waals surface area (Å²) < 4.78 is 19.4. The summed E-state index contributed by atoms with van der Waals surface area (Å²) in [4.78, 5) is 12.6. The second-order valence-corrected chi connectivity index (χ2v) is 5.08. The molecule has 3 rings (SSSR count). The first-order chi connectivity index (χ1) is 9.66. The fourth-order valence-corrected chi connectivity index (χ4v) is 2.63. The predicted molar refractivity (Wildman–Crippen MR) is 74.8 cm³/mol. The second kappa shape index (κ2) is 5.08. The zero-order chi connectivity index (χ0) is 14.1. The van der Waals surface area contributed by atoms with E-state index in [-0.39, 0.29) is 17.3 Å². The fourth-order valence-electron chi connectivity index (χ4n) is 2.63. The molecule has 2 aromatic rings. The number of aryl methyl sites for hydroxylation is 1. The molecule has 0 aromatic heterocycles. The van der Waals surface area contributed by atoms with Crippen molar-refractivity contribution in [2.24, 2.45) is 0 Å². The van der Waals surface area contributed by atoms with Crippen molar-refractivity contribution in [3.05, 3.63) is 65.0 Å². The van der Waals surface area contributed by atoms with Crippen LogP contribution in [0.5, 0.6) is 5.75 Å². The maximum atomic E-state index is 13.9. The number of ketones is 1. The van der Waals surface area contributed by atoms with Crippen molar-refractivity contribution >= 4 is 5.78 Å². The quantitative estimate of drug-likeness (QED) is 0.774. The fraction of sp³-hybridized carbons (Fsp3) is 0.235. The van der Waals surface area contributed by atoms with Crippen LogP contribution < -0.4 is 4.74 Å². The van der Waals surface area contributed by atoms with Crippen LogP contribution in [0.4, 0.5) is 4.39 Å². The molecule has 0 amide bonds. The van der Waals surface area contributed by atoms with Gasteiger partial charge in [0.1, 0.15) is 11.6 Å². The van der Waals surface area contributed by atoms with Crippen molar-refractivity contribution in [2.75, 3.05) is 6.61 Å². The lowest BCUT2D eigenvalue weighted by Crippen LogP contribution is -2.22. The number of fused-ring (bicyclic) bond motifs is 1. The summed E-state index contributed by atoms with van der Waals surface area (Å²) in [5.74, 6) is -0.215. The zero-order valence-corrected chi connectivity index (χ0v) is 11.2. The number of benzene rings is 2. The summed E-state index contributed by atoms with van der Waals surface area (Å²) in [5.41, 5.74) is 1.91. The molecule has 2 nitrogen and oxygen atoms in total. The van der Waals surface area contributed by atoms with Crippen LogP contribution in [0.2, 0.25) is 0 Å². The Hall–Kier alpha value is -2.16. The average molecular weight is 270 g/mol. The van der Waals surface area contributed by atoms with Crippen molar-refractivity contribution < 1.29 is 13.9 Å². The molecule has 2 aromatic carbocycles. The van der Waals surface area contributed by atoms with Crippen LogP contribution in [0.15, 0.2) is 42.5 Å². The molecule has 1 unspecified atom stereocenters. The third-order valence-electron chi connectivity index (χ3n) is 3.66. The van der Waals surface area contributed by atoms with Gasteiger partial charge in [-0.1, -0.05) is 29.8 Å². The van der Waals surface area contributed by atoms with Crippen molar-refractivity contribution in [3.63, 3.8) is 0 Å². The lowest BCUT2D eigenvalue weighted by atomic mass is 9.86. The summed E-state index contributed by atoms with van der Waals surface area (Å²) in [7, 11) is 0. The van der Waals surface area contributed by atoms with Crippen LogP contribution in [0.25, 0.3) is 0 Å². The minimum absolute atomic E-state index is 0.165. The number of para-hydroxylation sites is 1. The molecule has 3 heteroatoms. The maximum Gasteiger partial charge on any atom is 0.173 e. The number of carbonyl (C=O) groups excluding carboxylic acids is 1. The Kier molecular flexibility index (Phi) is 3.26. The van der Waals surface area contributed by atoms with Gasteiger partial charge in [0, 0.05) is 5.56 Å². The van der Waals surface area contributed by atoms with Crippen molar-refractivity contribution in [1.82, 2.24) is 0 Å². The highest BCUT2D eigenvalue weighted by Crippen LogP contribution is 2.35. The van der Waals surface area contributed by atoms with E-state index in [1.807, 2.05) is 31.2 Å². The van der Waals surface area contributed by atoms with E-state index in [1.165, 1.54) is 6.07 Å². The Morgan fingerprint density at radius 1 is 1.25 bits per heavy atom. The van der Waals surface area contributed by atoms with Gasteiger partial charge >= 0.3 is 0 Å². The highest BCUT2D eigenvalue weighted by atomic mass is 19.1. The first kappa shape index (κ1) is 12.9. The molecule has 0 aliphatic carbocycles. The summed E-state index contributed by atoms with van der Waals surface area (Å²) in [6, 6.07) is 12.1. The van der Waals surface area contributed by atoms with Crippen molar-refractivity contribution in [1.29, 1.82) is 0 Å². The second-order valence-electron chi connectivity index (χ2n) is 5.08. The molecule has 0 bridgehead atoms. The lowest BCUT2D eigenvalue weighted by Gasteiger charge is -2.25. The van der Waals surface area contributed by atoms with E-state index in [1.54, 1.807) is 12.1 Å². The molecule has 20 heavy (non-hydrogen) atoms. The van der Waals surface area contributed by atoms with Gasteiger partial charge in [0.05, 0.1) is 18.1 Å². The van der Waals surface area contributed by atoms with Gasteiger partial charge in [0.2, 0.25) is 0 Å². The highest BCUT2D eigenvalue weighted by Gasteiger charge is 2.29. The minimum atomic E-state index is -0.454. The van der Waals surface area contributed by atoms with Crippen LogP contribution >= 0.6 is 0 Å². The molecule has 0 N–H and O–H groups in total. The van der Waals surface area contributed by atoms with Crippen LogP contribution in [-0.2, 0) is 0 Å². The number of rotatable bonds is 2. The van der Waals surface area contributed by atoms with Gasteiger partial charge in [-0.05, 0) is 31.5 Å². The van der Waals surface area contributed by atoms with E-state index in [4.69, 9.17) is 4.74 Å². The smallest absolute Gasteiger partial charge is 0.173 e. The van der Waals surface area contributed by atoms with Gasteiger partial charge in [0.25, 0.3) is 0 Å². The van der Waals surface area contributed by atoms with Gasteiger partial charge in [-0.15, -0.1) is 0 Å². The topological polar surface area (TPSA) is 26.3 Å². The summed E-state index contributed by atoms with van der Waals surface area (Å²) in [6.07, 6.45) is 0.587. The largest absolute Gasteiger partial charge is 0.493 e. The molecule has 1 atom stereocenters. The van der Waals surface area contributed by atoms with Crippen LogP contribution in [-0.4, -0.2) is 12.4 Å². The predicted octanol–water partition coefficient (Wildman–Crippen LogP) is 3.88. The number of hydrogen-bond acceptors (Lipinski definition) is 2. The average Bonchev–Trinajstić information content (AvgIpc) is 2.48. The maximum absolute atomic E-state index is 13.9. The van der Waals surface area contributed by atoms with E-state index in [9.17, 15) is 9.18 Å². The molecule has 0 saturated carbocycles. The van der Waals surface area contributed by atoms with Gasteiger partial charge in [-0.25, -0.2) is 4.39 Å². The van der Waals surface area contributed by atoms with Gasteiger partial charge in [0.15, 0.2) is 5.78 Å². The van der Waals surface area contributed by atoms with Gasteiger partial charge in [-0.3, -0.25) is 4.79 Å². The summed E-state index contributed by atoms with van der Waals surface area (Å²) >= 11 is 0. The molecule has 0 radical (unpaired) electrons. The summed E-state index contributed by atoms with van der Waals surface area (Å²) in [5, 5.41) is 0. The minimum Gasteiger partial charge on any atom is -0.493 e. The normalized spacial score (nSPS) is 17.2. The molecule has 0 fully saturated rings. The lowest BCUT2D eigenvalue weighted by molar-refractivity contribution is 0.0929. The molecule has 1 aliphatic heterocycles. The van der Waals surface area contributed by atoms with E-state index in [0.717, 1.165) is 16.9 Å². The standard InChI is InChI=1S/C17H15FO2/c1-11-6-7-15(18)14(10-11)17(19)13-8-9-20-16-5-3-2-4-12(13)16/h2-7,10,13H,8-9H2,1H3. The Morgan fingerprint density at radius 2 is 2.05 bits per heavy atom. The van der Waals surface area contributed by atoms with E-state index in [2.05, 4.69) is 0 Å². The molecule has 0 spiro atoms. The first-order valence-electron chi connectivity index (χ1n) is 6.69. The Balaban J connectivity index is 2.02. The third-order valence-corrected chi connectivity index (χ3v) is 3.66. The number of Topliss-reactive ketones (excluding diaryl/α,β-unsaturated/α-hetero) is 1. The number of halogens is 1. The molecule has 0 saturated heterocycles. The monoisotopic (exact) mass is 270 g/mol. The van der Waals surface area contributed by atoms with Crippen molar-refractivity contribution in [2.45, 2.75) is 19.3 Å². The molecule has 102 valence electrons. The molecule has 1 aliphatic rings. The highest BCUT2D eigenvalue weighted by molar-refractivity contribution is 6.01. The molecular weight excluding hydrogens is 255 g/mol. The SMILES string of the molecule is Cc1ccc(F)c(C(=O)C2CCOc3ccccc32)c1.